The minimum absolute atomic E-state index is 0.967. The van der Waals surface area contributed by atoms with Gasteiger partial charge in [-0.15, -0.1) is 0 Å². The molecular weight excluding hydrogens is 235 g/mol. The van der Waals surface area contributed by atoms with E-state index in [0.717, 1.165) is 6.42 Å². The molecule has 0 aromatic rings. The quantitative estimate of drug-likeness (QED) is 0.356. The van der Waals surface area contributed by atoms with Crippen LogP contribution in [0.2, 0.25) is 0 Å². The van der Waals surface area contributed by atoms with Crippen molar-refractivity contribution >= 4 is 7.12 Å². The van der Waals surface area contributed by atoms with Crippen LogP contribution in [0.4, 0.5) is 0 Å². The Hall–Kier alpha value is -0.275. The second-order valence-corrected chi connectivity index (χ2v) is 5.52. The summed E-state index contributed by atoms with van der Waals surface area (Å²) in [5.41, 5.74) is 0. The zero-order valence-corrected chi connectivity index (χ0v) is 12.8. The molecule has 0 aliphatic carbocycles. The van der Waals surface area contributed by atoms with E-state index in [1.54, 1.807) is 0 Å². The number of allylic oxidation sites excluding steroid dienone is 1. The number of hydrogen-bond donors (Lipinski definition) is 2. The van der Waals surface area contributed by atoms with Crippen LogP contribution in [0.3, 0.4) is 0 Å². The fourth-order valence-corrected chi connectivity index (χ4v) is 2.32. The molecule has 3 heteroatoms. The zero-order chi connectivity index (χ0) is 14.2. The Balaban J connectivity index is 2.99. The first-order valence-corrected chi connectivity index (χ1v) is 8.30. The molecule has 0 atom stereocenters. The van der Waals surface area contributed by atoms with Gasteiger partial charge in [-0.05, 0) is 12.8 Å². The van der Waals surface area contributed by atoms with Crippen molar-refractivity contribution in [2.45, 2.75) is 90.4 Å². The lowest BCUT2D eigenvalue weighted by molar-refractivity contribution is 0.424. The van der Waals surface area contributed by atoms with Crippen LogP contribution < -0.4 is 0 Å². The SMILES string of the molecule is CCCCCCCCCCCCCC/C=C/B(O)O. The van der Waals surface area contributed by atoms with E-state index in [4.69, 9.17) is 10.0 Å². The van der Waals surface area contributed by atoms with Crippen LogP contribution in [-0.2, 0) is 0 Å². The molecule has 0 aromatic heterocycles. The van der Waals surface area contributed by atoms with Gasteiger partial charge >= 0.3 is 7.12 Å². The minimum Gasteiger partial charge on any atom is -0.424 e. The monoisotopic (exact) mass is 268 g/mol. The van der Waals surface area contributed by atoms with Gasteiger partial charge in [-0.3, -0.25) is 0 Å². The van der Waals surface area contributed by atoms with E-state index in [1.165, 1.54) is 83.0 Å². The largest absolute Gasteiger partial charge is 0.480 e. The van der Waals surface area contributed by atoms with E-state index in [1.807, 2.05) is 6.08 Å². The minimum atomic E-state index is -1.28. The third kappa shape index (κ3) is 17.7. The summed E-state index contributed by atoms with van der Waals surface area (Å²) >= 11 is 0. The van der Waals surface area contributed by atoms with Crippen molar-refractivity contribution in [3.05, 3.63) is 12.1 Å². The highest BCUT2D eigenvalue weighted by molar-refractivity contribution is 6.47. The van der Waals surface area contributed by atoms with E-state index in [0.29, 0.717) is 0 Å². The Morgan fingerprint density at radius 1 is 0.684 bits per heavy atom. The molecule has 0 rings (SSSR count). The van der Waals surface area contributed by atoms with E-state index in [-0.39, 0.29) is 0 Å². The molecule has 0 saturated carbocycles. The average Bonchev–Trinajstić information content (AvgIpc) is 2.39. The van der Waals surface area contributed by atoms with E-state index in [9.17, 15) is 0 Å². The first-order valence-electron chi connectivity index (χ1n) is 8.30. The lowest BCUT2D eigenvalue weighted by Crippen LogP contribution is -2.05. The van der Waals surface area contributed by atoms with Gasteiger partial charge in [0.2, 0.25) is 0 Å². The van der Waals surface area contributed by atoms with E-state index >= 15 is 0 Å². The molecule has 0 spiro atoms. The van der Waals surface area contributed by atoms with Crippen LogP contribution in [0.15, 0.2) is 12.1 Å². The molecule has 0 aliphatic rings. The van der Waals surface area contributed by atoms with Crippen molar-refractivity contribution in [3.63, 3.8) is 0 Å². The normalized spacial score (nSPS) is 11.3. The standard InChI is InChI=1S/C16H33BO2/c1-2-3-4-5-6-7-8-9-10-11-12-13-14-15-16-17(18)19/h15-16,18-19H,2-14H2,1H3/b16-15+. The average molecular weight is 268 g/mol. The molecule has 0 saturated heterocycles. The molecule has 0 aliphatic heterocycles. The van der Waals surface area contributed by atoms with E-state index < -0.39 is 7.12 Å². The fourth-order valence-electron chi connectivity index (χ4n) is 2.32. The Morgan fingerprint density at radius 3 is 1.53 bits per heavy atom. The molecule has 0 radical (unpaired) electrons. The lowest BCUT2D eigenvalue weighted by Gasteiger charge is -2.02. The highest BCUT2D eigenvalue weighted by Crippen LogP contribution is 2.12. The maximum absolute atomic E-state index is 8.61. The highest BCUT2D eigenvalue weighted by atomic mass is 16.4. The number of rotatable bonds is 14. The van der Waals surface area contributed by atoms with E-state index in [2.05, 4.69) is 6.92 Å². The number of unbranched alkanes of at least 4 members (excludes halogenated alkanes) is 12. The van der Waals surface area contributed by atoms with Gasteiger partial charge in [-0.1, -0.05) is 89.6 Å². The summed E-state index contributed by atoms with van der Waals surface area (Å²) in [5.74, 6) is 1.44. The predicted octanol–water partition coefficient (Wildman–Crippen LogP) is 4.65. The second kappa shape index (κ2) is 15.8. The Labute approximate surface area is 120 Å². The van der Waals surface area contributed by atoms with Crippen LogP contribution in [0.1, 0.15) is 90.4 Å². The predicted molar refractivity (Wildman–Crippen MR) is 85.0 cm³/mol. The molecule has 2 nitrogen and oxygen atoms in total. The maximum Gasteiger partial charge on any atom is 0.480 e. The summed E-state index contributed by atoms with van der Waals surface area (Å²) in [6.07, 6.45) is 19.2. The van der Waals surface area contributed by atoms with Gasteiger partial charge in [-0.2, -0.15) is 0 Å². The molecule has 0 fully saturated rings. The first-order chi connectivity index (χ1) is 9.27. The Morgan fingerprint density at radius 2 is 1.11 bits per heavy atom. The molecule has 0 aromatic carbocycles. The molecule has 0 amide bonds. The van der Waals surface area contributed by atoms with Crippen molar-refractivity contribution in [1.82, 2.24) is 0 Å². The topological polar surface area (TPSA) is 40.5 Å². The summed E-state index contributed by atoms with van der Waals surface area (Å²) in [6.45, 7) is 2.27. The fraction of sp³-hybridized carbons (Fsp3) is 0.875. The zero-order valence-electron chi connectivity index (χ0n) is 12.8. The summed E-state index contributed by atoms with van der Waals surface area (Å²) in [5, 5.41) is 17.2. The molecule has 0 bridgehead atoms. The highest BCUT2D eigenvalue weighted by Gasteiger charge is 1.97. The van der Waals surface area contributed by atoms with Crippen molar-refractivity contribution in [3.8, 4) is 0 Å². The Kier molecular flexibility index (Phi) is 15.6. The summed E-state index contributed by atoms with van der Waals surface area (Å²) in [4.78, 5) is 0. The molecule has 0 unspecified atom stereocenters. The van der Waals surface area contributed by atoms with Gasteiger partial charge in [0, 0.05) is 0 Å². The van der Waals surface area contributed by atoms with Gasteiger partial charge in [0.15, 0.2) is 0 Å². The molecule has 0 heterocycles. The van der Waals surface area contributed by atoms with Crippen molar-refractivity contribution in [2.75, 3.05) is 0 Å². The third-order valence-corrected chi connectivity index (χ3v) is 3.53. The molecule has 112 valence electrons. The smallest absolute Gasteiger partial charge is 0.424 e. The van der Waals surface area contributed by atoms with Gasteiger partial charge in [-0.25, -0.2) is 0 Å². The summed E-state index contributed by atoms with van der Waals surface area (Å²) in [6, 6.07) is 0. The van der Waals surface area contributed by atoms with Gasteiger partial charge in [0.25, 0.3) is 0 Å². The van der Waals surface area contributed by atoms with Crippen molar-refractivity contribution < 1.29 is 10.0 Å². The van der Waals surface area contributed by atoms with Crippen molar-refractivity contribution in [1.29, 1.82) is 0 Å². The third-order valence-electron chi connectivity index (χ3n) is 3.53. The van der Waals surface area contributed by atoms with Gasteiger partial charge in [0.05, 0.1) is 0 Å². The Bertz CT molecular complexity index is 193. The molecular formula is C16H33BO2. The van der Waals surface area contributed by atoms with Crippen LogP contribution in [0.25, 0.3) is 0 Å². The van der Waals surface area contributed by atoms with Gasteiger partial charge in [0.1, 0.15) is 0 Å². The maximum atomic E-state index is 8.61. The van der Waals surface area contributed by atoms with Gasteiger partial charge < -0.3 is 10.0 Å². The van der Waals surface area contributed by atoms with Crippen LogP contribution in [0.5, 0.6) is 0 Å². The second-order valence-electron chi connectivity index (χ2n) is 5.52. The molecule has 19 heavy (non-hydrogen) atoms. The number of hydrogen-bond acceptors (Lipinski definition) is 2. The lowest BCUT2D eigenvalue weighted by atomic mass is 9.91. The van der Waals surface area contributed by atoms with Crippen molar-refractivity contribution in [2.24, 2.45) is 0 Å². The first kappa shape index (κ1) is 18.7. The van der Waals surface area contributed by atoms with Crippen LogP contribution in [-0.4, -0.2) is 17.2 Å². The van der Waals surface area contributed by atoms with Crippen LogP contribution >= 0.6 is 0 Å². The summed E-state index contributed by atoms with van der Waals surface area (Å²) in [7, 11) is -1.28. The van der Waals surface area contributed by atoms with Crippen LogP contribution in [0, 0.1) is 0 Å². The summed E-state index contributed by atoms with van der Waals surface area (Å²) < 4.78 is 0. The molecule has 2 N–H and O–H groups in total.